The molecular formula is C34H40Ge2IrNO2-. The fourth-order valence-corrected chi connectivity index (χ4v) is 15.7. The number of allylic oxidation sites excluding steroid dienone is 2. The molecule has 1 aliphatic rings. The standard InChI is InChI=1S/C29H32Ge2N.C5H8O2.Ir/c1-19(2)26-17-21(16-20-10-8-9-11-23(20)26)29-28-25(14-15-32-29)24-13-12-22(30(3,4)5)18-27(24)31(28,6)7;1-4(6)3-5(2)7;/h8-15,17-19H,1-7H3;3,6H,1-2H3;/q-1;;/b;4-3-;. The number of carbonyl (C=O) groups is 1. The third-order valence-corrected chi connectivity index (χ3v) is 19.2. The molecule has 3 aromatic carbocycles. The molecule has 5 rings (SSSR count). The van der Waals surface area contributed by atoms with Crippen molar-refractivity contribution in [1.82, 2.24) is 4.98 Å². The number of nitrogens with zero attached hydrogens (tertiary/aromatic N) is 1. The minimum absolute atomic E-state index is 0. The van der Waals surface area contributed by atoms with Crippen LogP contribution in [0.25, 0.3) is 33.2 Å². The van der Waals surface area contributed by atoms with Gasteiger partial charge in [-0.25, -0.2) is 0 Å². The number of aliphatic hydroxyl groups is 1. The third kappa shape index (κ3) is 6.56. The Balaban J connectivity index is 0.000000492. The van der Waals surface area contributed by atoms with E-state index in [0.29, 0.717) is 5.92 Å². The summed E-state index contributed by atoms with van der Waals surface area (Å²) in [4.78, 5) is 15.0. The van der Waals surface area contributed by atoms with Gasteiger partial charge in [-0.2, -0.15) is 0 Å². The number of ketones is 1. The van der Waals surface area contributed by atoms with E-state index in [0.717, 1.165) is 11.3 Å². The Morgan fingerprint density at radius 1 is 1.00 bits per heavy atom. The molecule has 0 amide bonds. The average molecular weight is 832 g/mol. The minimum atomic E-state index is -2.51. The van der Waals surface area contributed by atoms with Crippen LogP contribution in [-0.4, -0.2) is 42.4 Å². The second-order valence-electron chi connectivity index (χ2n) is 12.5. The second kappa shape index (κ2) is 12.5. The number of rotatable bonds is 4. The van der Waals surface area contributed by atoms with Gasteiger partial charge in [-0.1, -0.05) is 0 Å². The normalized spacial score (nSPS) is 13.7. The summed E-state index contributed by atoms with van der Waals surface area (Å²) in [6.07, 6.45) is 3.18. The van der Waals surface area contributed by atoms with Gasteiger partial charge < -0.3 is 5.11 Å². The molecule has 1 radical (unpaired) electrons. The number of fused-ring (bicyclic) bond motifs is 4. The Morgan fingerprint density at radius 2 is 1.68 bits per heavy atom. The Bertz CT molecular complexity index is 1600. The Labute approximate surface area is 258 Å². The number of benzene rings is 3. The molecule has 0 saturated carbocycles. The van der Waals surface area contributed by atoms with Crippen LogP contribution in [0.1, 0.15) is 39.2 Å². The predicted octanol–water partition coefficient (Wildman–Crippen LogP) is 7.21. The molecule has 3 nitrogen and oxygen atoms in total. The van der Waals surface area contributed by atoms with Gasteiger partial charge in [-0.15, -0.1) is 0 Å². The summed E-state index contributed by atoms with van der Waals surface area (Å²) in [7, 11) is 0. The number of pyridine rings is 1. The topological polar surface area (TPSA) is 50.2 Å². The molecule has 0 unspecified atom stereocenters. The molecule has 0 fully saturated rings. The smallest absolute Gasteiger partial charge is 0 e. The fraction of sp³-hybridized carbons (Fsp3) is 0.294. The van der Waals surface area contributed by atoms with Crippen molar-refractivity contribution in [2.45, 2.75) is 62.4 Å². The fourth-order valence-electron chi connectivity index (χ4n) is 5.58. The van der Waals surface area contributed by atoms with E-state index in [9.17, 15) is 4.79 Å². The summed E-state index contributed by atoms with van der Waals surface area (Å²) in [5, 5.41) is 10.9. The van der Waals surface area contributed by atoms with Gasteiger partial charge in [-0.3, -0.25) is 4.79 Å². The van der Waals surface area contributed by atoms with E-state index in [-0.39, 0.29) is 31.6 Å². The van der Waals surface area contributed by atoms with Crippen molar-refractivity contribution in [1.29, 1.82) is 0 Å². The van der Waals surface area contributed by atoms with Crippen molar-refractivity contribution >= 4 is 56.3 Å². The molecule has 1 aromatic heterocycles. The minimum Gasteiger partial charge on any atom is 0 e. The molecule has 0 bridgehead atoms. The Hall–Kier alpha value is -1.98. The molecule has 1 N–H and O–H groups in total. The summed E-state index contributed by atoms with van der Waals surface area (Å²) in [6, 6.07) is 24.4. The van der Waals surface area contributed by atoms with Gasteiger partial charge >= 0.3 is 199 Å². The maximum atomic E-state index is 10.0. The first-order chi connectivity index (χ1) is 18.2. The molecule has 6 heteroatoms. The van der Waals surface area contributed by atoms with Crippen LogP contribution in [0.3, 0.4) is 0 Å². The molecule has 0 aliphatic carbocycles. The van der Waals surface area contributed by atoms with Crippen LogP contribution < -0.4 is 13.2 Å². The maximum absolute atomic E-state index is 10.0. The van der Waals surface area contributed by atoms with Crippen LogP contribution in [0.2, 0.25) is 28.8 Å². The Kier molecular flexibility index (Phi) is 10.2. The van der Waals surface area contributed by atoms with Crippen molar-refractivity contribution in [3.8, 4) is 22.4 Å². The van der Waals surface area contributed by atoms with E-state index in [4.69, 9.17) is 10.1 Å². The van der Waals surface area contributed by atoms with E-state index in [1.165, 1.54) is 51.8 Å². The number of hydrogen-bond donors (Lipinski definition) is 1. The summed E-state index contributed by atoms with van der Waals surface area (Å²) < 4.78 is 4.78. The Morgan fingerprint density at radius 3 is 2.25 bits per heavy atom. The van der Waals surface area contributed by atoms with E-state index < -0.39 is 26.5 Å². The third-order valence-electron chi connectivity index (χ3n) is 7.52. The van der Waals surface area contributed by atoms with Gasteiger partial charge in [0.25, 0.3) is 0 Å². The number of carbonyl (C=O) groups excluding carboxylic acids is 1. The van der Waals surface area contributed by atoms with Gasteiger partial charge in [0, 0.05) is 26.2 Å². The van der Waals surface area contributed by atoms with Crippen LogP contribution in [0.4, 0.5) is 0 Å². The van der Waals surface area contributed by atoms with Crippen molar-refractivity contribution in [2.24, 2.45) is 0 Å². The molecular weight excluding hydrogens is 792 g/mol. The first-order valence-corrected chi connectivity index (χ1v) is 27.3. The average Bonchev–Trinajstić information content (AvgIpc) is 3.09. The van der Waals surface area contributed by atoms with Gasteiger partial charge in [0.2, 0.25) is 0 Å². The largest absolute Gasteiger partial charge is 0 e. The monoisotopic (exact) mass is 835 g/mol. The number of hydrogen-bond acceptors (Lipinski definition) is 3. The van der Waals surface area contributed by atoms with E-state index in [1.807, 2.05) is 6.20 Å². The SMILES string of the molecule is CC(=O)/C=C(/C)O.CC(C)c1cc(-c2nccc3[c]2[Ge]([CH3])([CH3])[c]2c[c]([Ge]([CH3])([CH3])[CH3])ccc2-3)[c-]c2ccccc12.[Ir]. The molecule has 40 heavy (non-hydrogen) atoms. The van der Waals surface area contributed by atoms with Crippen LogP contribution in [0.5, 0.6) is 0 Å². The first kappa shape index (κ1) is 32.5. The van der Waals surface area contributed by atoms with Gasteiger partial charge in [0.15, 0.2) is 5.78 Å². The first-order valence-electron chi connectivity index (χ1n) is 13.7. The molecule has 1 aliphatic heterocycles. The summed E-state index contributed by atoms with van der Waals surface area (Å²) in [5.74, 6) is 13.0. The summed E-state index contributed by atoms with van der Waals surface area (Å²) in [5.41, 5.74) is 6.57. The van der Waals surface area contributed by atoms with E-state index >= 15 is 0 Å². The number of aliphatic hydroxyl groups excluding tert-OH is 1. The predicted molar refractivity (Wildman–Crippen MR) is 172 cm³/mol. The zero-order valence-corrected chi connectivity index (χ0v) is 31.7. The van der Waals surface area contributed by atoms with Crippen LogP contribution >= 0.6 is 0 Å². The van der Waals surface area contributed by atoms with Gasteiger partial charge in [-0.05, 0) is 13.8 Å². The van der Waals surface area contributed by atoms with Crippen molar-refractivity contribution in [2.75, 3.05) is 0 Å². The zero-order valence-electron chi connectivity index (χ0n) is 25.1. The molecule has 0 spiro atoms. The molecule has 4 aromatic rings. The molecule has 211 valence electrons. The maximum Gasteiger partial charge on any atom is 0 e. The number of aromatic nitrogens is 1. The van der Waals surface area contributed by atoms with Crippen molar-refractivity contribution < 1.29 is 30.0 Å². The van der Waals surface area contributed by atoms with Crippen LogP contribution in [0, 0.1) is 6.07 Å². The summed E-state index contributed by atoms with van der Waals surface area (Å²) in [6.45, 7) is 7.41. The molecule has 0 atom stereocenters. The van der Waals surface area contributed by atoms with Crippen LogP contribution in [-0.2, 0) is 24.9 Å². The van der Waals surface area contributed by atoms with E-state index in [1.54, 1.807) is 8.79 Å². The molecule has 2 heterocycles. The van der Waals surface area contributed by atoms with Crippen LogP contribution in [0.15, 0.2) is 72.6 Å². The van der Waals surface area contributed by atoms with Crippen molar-refractivity contribution in [3.05, 3.63) is 84.3 Å². The summed E-state index contributed by atoms with van der Waals surface area (Å²) >= 11 is -4.40. The molecule has 0 saturated heterocycles. The van der Waals surface area contributed by atoms with E-state index in [2.05, 4.69) is 103 Å². The van der Waals surface area contributed by atoms with Crippen molar-refractivity contribution in [3.63, 3.8) is 0 Å². The quantitative estimate of drug-likeness (QED) is 0.103. The van der Waals surface area contributed by atoms with Gasteiger partial charge in [0.1, 0.15) is 0 Å². The van der Waals surface area contributed by atoms with Gasteiger partial charge in [0.05, 0.1) is 5.76 Å². The zero-order chi connectivity index (χ0) is 28.7. The second-order valence-corrected chi connectivity index (χ2v) is 32.1.